The van der Waals surface area contributed by atoms with Crippen molar-refractivity contribution in [1.29, 1.82) is 0 Å². The Morgan fingerprint density at radius 1 is 1.05 bits per heavy atom. The van der Waals surface area contributed by atoms with Gasteiger partial charge in [0.05, 0.1) is 11.2 Å². The molecule has 2 aromatic heterocycles. The fraction of sp³-hybridized carbons (Fsp3) is 0.462. The van der Waals surface area contributed by atoms with Gasteiger partial charge in [-0.2, -0.15) is 0 Å². The molecule has 0 saturated heterocycles. The van der Waals surface area contributed by atoms with E-state index in [0.717, 1.165) is 11.0 Å². The van der Waals surface area contributed by atoms with Gasteiger partial charge >= 0.3 is 7.69 Å². The van der Waals surface area contributed by atoms with E-state index in [9.17, 15) is 0 Å². The second kappa shape index (κ2) is 8.01. The SMILES string of the molecule is CC(C)(O)C(C)(C)O.O[B]O.c1cnc2[nH]ccc2c1. The molecule has 7 heteroatoms. The van der Waals surface area contributed by atoms with Crippen molar-refractivity contribution in [3.8, 4) is 0 Å². The Hall–Kier alpha value is -1.41. The molecule has 0 atom stereocenters. The zero-order valence-corrected chi connectivity index (χ0v) is 12.2. The van der Waals surface area contributed by atoms with Crippen LogP contribution in [0.2, 0.25) is 0 Å². The third-order valence-electron chi connectivity index (χ3n) is 2.82. The van der Waals surface area contributed by atoms with Crippen LogP contribution in [0.3, 0.4) is 0 Å². The number of fused-ring (bicyclic) bond motifs is 1. The summed E-state index contributed by atoms with van der Waals surface area (Å²) in [6.45, 7) is 6.31. The van der Waals surface area contributed by atoms with Gasteiger partial charge in [0.15, 0.2) is 0 Å². The van der Waals surface area contributed by atoms with Gasteiger partial charge in [-0.15, -0.1) is 0 Å². The van der Waals surface area contributed by atoms with Gasteiger partial charge in [-0.3, -0.25) is 0 Å². The normalized spacial score (nSPS) is 11.0. The highest BCUT2D eigenvalue weighted by Crippen LogP contribution is 2.19. The van der Waals surface area contributed by atoms with Crippen LogP contribution in [0.25, 0.3) is 11.0 Å². The van der Waals surface area contributed by atoms with Crippen molar-refractivity contribution in [2.45, 2.75) is 38.9 Å². The Kier molecular flexibility index (Phi) is 7.45. The van der Waals surface area contributed by atoms with Crippen LogP contribution < -0.4 is 0 Å². The van der Waals surface area contributed by atoms with Crippen LogP contribution in [0.5, 0.6) is 0 Å². The third kappa shape index (κ3) is 6.67. The van der Waals surface area contributed by atoms with Crippen LogP contribution in [-0.2, 0) is 0 Å². The molecule has 6 nitrogen and oxygen atoms in total. The quantitative estimate of drug-likeness (QED) is 0.492. The standard InChI is InChI=1S/C7H6N2.C6H14O2.BH2O2/c1-2-6-3-5-9-7(6)8-4-1;1-5(2,7)6(3,4)8;2-1-3/h1-5H,(H,8,9);7-8H,1-4H3;2-3H. The predicted molar refractivity (Wildman–Crippen MR) is 78.9 cm³/mol. The molecule has 2 heterocycles. The Morgan fingerprint density at radius 3 is 1.95 bits per heavy atom. The fourth-order valence-electron chi connectivity index (χ4n) is 0.883. The molecule has 2 aromatic rings. The molecule has 0 spiro atoms. The number of nitrogens with zero attached hydrogens (tertiary/aromatic N) is 1. The van der Waals surface area contributed by atoms with Crippen LogP contribution in [-0.4, -0.2) is 49.1 Å². The Balaban J connectivity index is 0.000000306. The highest BCUT2D eigenvalue weighted by Gasteiger charge is 2.31. The van der Waals surface area contributed by atoms with Gasteiger partial charge in [0.2, 0.25) is 0 Å². The number of aromatic nitrogens is 2. The third-order valence-corrected chi connectivity index (χ3v) is 2.82. The van der Waals surface area contributed by atoms with Crippen LogP contribution in [0.15, 0.2) is 30.6 Å². The minimum absolute atomic E-state index is 0. The van der Waals surface area contributed by atoms with Gasteiger partial charge < -0.3 is 25.2 Å². The maximum absolute atomic E-state index is 9.10. The van der Waals surface area contributed by atoms with Crippen LogP contribution in [0.4, 0.5) is 0 Å². The van der Waals surface area contributed by atoms with E-state index >= 15 is 0 Å². The maximum Gasteiger partial charge on any atom is 0.482 e. The van der Waals surface area contributed by atoms with Gasteiger partial charge in [-0.25, -0.2) is 4.98 Å². The van der Waals surface area contributed by atoms with E-state index < -0.39 is 11.2 Å². The summed E-state index contributed by atoms with van der Waals surface area (Å²) >= 11 is 0. The molecule has 0 unspecified atom stereocenters. The number of rotatable bonds is 1. The van der Waals surface area contributed by atoms with Crippen molar-refractivity contribution in [1.82, 2.24) is 9.97 Å². The number of H-pyrrole nitrogens is 1. The smallest absolute Gasteiger partial charge is 0.429 e. The van der Waals surface area contributed by atoms with Crippen LogP contribution >= 0.6 is 0 Å². The zero-order chi connectivity index (χ0) is 15.8. The molecule has 0 bridgehead atoms. The molecule has 5 N–H and O–H groups in total. The molecular weight excluding hydrogens is 259 g/mol. The summed E-state index contributed by atoms with van der Waals surface area (Å²) in [5.74, 6) is 0. The first kappa shape index (κ1) is 18.6. The molecule has 0 aromatic carbocycles. The summed E-state index contributed by atoms with van der Waals surface area (Å²) in [4.78, 5) is 7.09. The predicted octanol–water partition coefficient (Wildman–Crippen LogP) is 0.596. The van der Waals surface area contributed by atoms with Crippen molar-refractivity contribution in [3.63, 3.8) is 0 Å². The molecule has 0 aliphatic heterocycles. The van der Waals surface area contributed by atoms with E-state index in [1.54, 1.807) is 33.9 Å². The van der Waals surface area contributed by atoms with E-state index in [1.165, 1.54) is 0 Å². The molecule has 0 amide bonds. The minimum atomic E-state index is -1.01. The Labute approximate surface area is 119 Å². The number of hydrogen-bond donors (Lipinski definition) is 5. The minimum Gasteiger partial charge on any atom is -0.429 e. The van der Waals surface area contributed by atoms with Crippen molar-refractivity contribution in [3.05, 3.63) is 30.6 Å². The van der Waals surface area contributed by atoms with Crippen molar-refractivity contribution in [2.75, 3.05) is 0 Å². The molecule has 0 fully saturated rings. The van der Waals surface area contributed by atoms with Gasteiger partial charge in [-0.05, 0) is 45.9 Å². The Bertz CT molecular complexity index is 447. The zero-order valence-electron chi connectivity index (χ0n) is 12.2. The summed E-state index contributed by atoms with van der Waals surface area (Å²) in [5.41, 5.74) is -1.06. The highest BCUT2D eigenvalue weighted by atomic mass is 16.4. The van der Waals surface area contributed by atoms with E-state index in [0.29, 0.717) is 0 Å². The number of nitrogens with one attached hydrogen (secondary N) is 1. The topological polar surface area (TPSA) is 110 Å². The first-order chi connectivity index (χ1) is 9.13. The first-order valence-electron chi connectivity index (χ1n) is 6.06. The van der Waals surface area contributed by atoms with Crippen LogP contribution in [0.1, 0.15) is 27.7 Å². The monoisotopic (exact) mass is 281 g/mol. The molecule has 0 saturated carbocycles. The van der Waals surface area contributed by atoms with E-state index in [1.807, 2.05) is 24.4 Å². The lowest BCUT2D eigenvalue weighted by molar-refractivity contribution is -0.107. The van der Waals surface area contributed by atoms with E-state index in [-0.39, 0.29) is 7.69 Å². The number of hydrogen-bond acceptors (Lipinski definition) is 5. The number of aromatic amines is 1. The highest BCUT2D eigenvalue weighted by molar-refractivity contribution is 6.13. The summed E-state index contributed by atoms with van der Waals surface area (Å²) in [5, 5.41) is 33.4. The molecule has 20 heavy (non-hydrogen) atoms. The molecule has 1 radical (unpaired) electrons. The summed E-state index contributed by atoms with van der Waals surface area (Å²) in [7, 11) is 0. The van der Waals surface area contributed by atoms with Crippen molar-refractivity contribution < 1.29 is 20.3 Å². The molecular formula is C13H22BN2O4. The van der Waals surface area contributed by atoms with Crippen molar-refractivity contribution >= 4 is 18.7 Å². The first-order valence-corrected chi connectivity index (χ1v) is 6.06. The van der Waals surface area contributed by atoms with Gasteiger partial charge in [0, 0.05) is 17.8 Å². The number of pyridine rings is 1. The second-order valence-corrected chi connectivity index (χ2v) is 5.15. The summed E-state index contributed by atoms with van der Waals surface area (Å²) < 4.78 is 0. The molecule has 111 valence electrons. The summed E-state index contributed by atoms with van der Waals surface area (Å²) in [6.07, 6.45) is 3.66. The fourth-order valence-corrected chi connectivity index (χ4v) is 0.883. The summed E-state index contributed by atoms with van der Waals surface area (Å²) in [6, 6.07) is 5.96. The number of aliphatic hydroxyl groups is 2. The maximum atomic E-state index is 9.10. The molecule has 2 rings (SSSR count). The van der Waals surface area contributed by atoms with Gasteiger partial charge in [0.25, 0.3) is 0 Å². The second-order valence-electron chi connectivity index (χ2n) is 5.15. The molecule has 0 aliphatic rings. The lowest BCUT2D eigenvalue weighted by Crippen LogP contribution is -2.44. The average Bonchev–Trinajstić information content (AvgIpc) is 2.76. The lowest BCUT2D eigenvalue weighted by Gasteiger charge is -2.31. The average molecular weight is 281 g/mol. The molecule has 0 aliphatic carbocycles. The van der Waals surface area contributed by atoms with Crippen LogP contribution in [0, 0.1) is 0 Å². The lowest BCUT2D eigenvalue weighted by atomic mass is 9.90. The van der Waals surface area contributed by atoms with E-state index in [2.05, 4.69) is 9.97 Å². The van der Waals surface area contributed by atoms with Gasteiger partial charge in [-0.1, -0.05) is 0 Å². The Morgan fingerprint density at radius 2 is 1.55 bits per heavy atom. The largest absolute Gasteiger partial charge is 0.482 e. The van der Waals surface area contributed by atoms with Crippen molar-refractivity contribution in [2.24, 2.45) is 0 Å². The van der Waals surface area contributed by atoms with Gasteiger partial charge in [0.1, 0.15) is 5.65 Å². The van der Waals surface area contributed by atoms with E-state index in [4.69, 9.17) is 20.3 Å².